The average molecular weight is 377 g/mol. The van der Waals surface area contributed by atoms with E-state index in [0.717, 1.165) is 38.2 Å². The molecule has 0 spiro atoms. The van der Waals surface area contributed by atoms with Crippen molar-refractivity contribution in [3.63, 3.8) is 0 Å². The van der Waals surface area contributed by atoms with Crippen LogP contribution in [0.2, 0.25) is 0 Å². The molecular formula is C18H24ClF3N2O. The first-order valence-corrected chi connectivity index (χ1v) is 8.51. The predicted molar refractivity (Wildman–Crippen MR) is 92.5 cm³/mol. The Bertz CT molecular complexity index is 617. The Morgan fingerprint density at radius 2 is 2.00 bits per heavy atom. The summed E-state index contributed by atoms with van der Waals surface area (Å²) in [4.78, 5) is 12.3. The van der Waals surface area contributed by atoms with Crippen LogP contribution in [-0.4, -0.2) is 18.5 Å². The van der Waals surface area contributed by atoms with E-state index in [0.29, 0.717) is 18.5 Å². The van der Waals surface area contributed by atoms with Crippen LogP contribution in [0.15, 0.2) is 24.3 Å². The smallest absolute Gasteiger partial charge is 0.355 e. The van der Waals surface area contributed by atoms with Crippen LogP contribution in [-0.2, 0) is 16.4 Å². The minimum Gasteiger partial charge on any atom is -0.355 e. The number of carbonyl (C=O) groups is 1. The molecule has 7 heteroatoms. The first-order valence-electron chi connectivity index (χ1n) is 8.51. The highest BCUT2D eigenvalue weighted by Crippen LogP contribution is 2.44. The molecule has 0 heterocycles. The molecule has 0 radical (unpaired) electrons. The summed E-state index contributed by atoms with van der Waals surface area (Å²) in [5, 5.41) is 2.97. The number of halogens is 4. The number of nitrogens with one attached hydrogen (secondary N) is 1. The molecule has 0 bridgehead atoms. The number of benzene rings is 1. The molecule has 1 aromatic carbocycles. The number of amides is 1. The van der Waals surface area contributed by atoms with Crippen molar-refractivity contribution >= 4 is 18.3 Å². The van der Waals surface area contributed by atoms with Crippen LogP contribution >= 0.6 is 12.4 Å². The molecule has 2 aliphatic carbocycles. The number of alkyl halides is 3. The fourth-order valence-electron chi connectivity index (χ4n) is 3.85. The first-order chi connectivity index (χ1) is 11.3. The predicted octanol–water partition coefficient (Wildman–Crippen LogP) is 3.79. The van der Waals surface area contributed by atoms with Gasteiger partial charge in [-0.15, -0.1) is 12.4 Å². The Morgan fingerprint density at radius 3 is 2.52 bits per heavy atom. The lowest BCUT2D eigenvalue weighted by atomic mass is 9.64. The SMILES string of the molecule is Cl.NC1CCC(C(=O)NCC2(c3cccc(C(F)(F)F)c3)CCC2)C1. The van der Waals surface area contributed by atoms with Gasteiger partial charge in [-0.3, -0.25) is 4.79 Å². The van der Waals surface area contributed by atoms with Crippen LogP contribution in [0.3, 0.4) is 0 Å². The van der Waals surface area contributed by atoms with E-state index in [9.17, 15) is 18.0 Å². The summed E-state index contributed by atoms with van der Waals surface area (Å²) in [7, 11) is 0. The Morgan fingerprint density at radius 1 is 1.28 bits per heavy atom. The van der Waals surface area contributed by atoms with Crippen molar-refractivity contribution in [3.05, 3.63) is 35.4 Å². The monoisotopic (exact) mass is 376 g/mol. The third-order valence-electron chi connectivity index (χ3n) is 5.56. The third kappa shape index (κ3) is 4.29. The van der Waals surface area contributed by atoms with E-state index in [1.807, 2.05) is 0 Å². The fraction of sp³-hybridized carbons (Fsp3) is 0.611. The van der Waals surface area contributed by atoms with Gasteiger partial charge in [-0.2, -0.15) is 13.2 Å². The molecule has 2 aliphatic rings. The van der Waals surface area contributed by atoms with Gasteiger partial charge in [-0.05, 0) is 43.7 Å². The lowest BCUT2D eigenvalue weighted by molar-refractivity contribution is -0.137. The zero-order chi connectivity index (χ0) is 17.4. The van der Waals surface area contributed by atoms with Gasteiger partial charge in [0.15, 0.2) is 0 Å². The summed E-state index contributed by atoms with van der Waals surface area (Å²) < 4.78 is 38.9. The minimum absolute atomic E-state index is 0. The van der Waals surface area contributed by atoms with Gasteiger partial charge in [0, 0.05) is 23.9 Å². The van der Waals surface area contributed by atoms with Crippen LogP contribution in [0.25, 0.3) is 0 Å². The van der Waals surface area contributed by atoms with Gasteiger partial charge in [0.25, 0.3) is 0 Å². The summed E-state index contributed by atoms with van der Waals surface area (Å²) in [5.41, 5.74) is 5.53. The Hall–Kier alpha value is -1.27. The molecule has 2 atom stereocenters. The average Bonchev–Trinajstić information content (AvgIpc) is 2.92. The molecular weight excluding hydrogens is 353 g/mol. The molecule has 0 aromatic heterocycles. The van der Waals surface area contributed by atoms with Gasteiger partial charge in [0.05, 0.1) is 5.56 Å². The topological polar surface area (TPSA) is 55.1 Å². The number of carbonyl (C=O) groups excluding carboxylic acids is 1. The standard InChI is InChI=1S/C18H23F3N2O.ClH/c19-18(20,21)14-4-1-3-13(10-14)17(7-2-8-17)11-23-16(24)12-5-6-15(22)9-12;/h1,3-4,10,12,15H,2,5-9,11,22H2,(H,23,24);1H. The molecule has 0 aliphatic heterocycles. The number of rotatable bonds is 4. The Labute approximate surface area is 152 Å². The molecule has 2 saturated carbocycles. The highest BCUT2D eigenvalue weighted by Gasteiger charge is 2.41. The Kier molecular flexibility index (Phi) is 6.05. The second-order valence-electron chi connectivity index (χ2n) is 7.20. The summed E-state index contributed by atoms with van der Waals surface area (Å²) in [6, 6.07) is 5.61. The maximum Gasteiger partial charge on any atom is 0.416 e. The first kappa shape index (κ1) is 20.0. The second-order valence-corrected chi connectivity index (χ2v) is 7.20. The highest BCUT2D eigenvalue weighted by molar-refractivity contribution is 5.85. The lowest BCUT2D eigenvalue weighted by Gasteiger charge is -2.43. The van der Waals surface area contributed by atoms with Crippen molar-refractivity contribution in [1.82, 2.24) is 5.32 Å². The van der Waals surface area contributed by atoms with Gasteiger partial charge in [0.2, 0.25) is 5.91 Å². The van der Waals surface area contributed by atoms with Crippen molar-refractivity contribution in [1.29, 1.82) is 0 Å². The molecule has 3 nitrogen and oxygen atoms in total. The summed E-state index contributed by atoms with van der Waals surface area (Å²) >= 11 is 0. The molecule has 1 amide bonds. The van der Waals surface area contributed by atoms with Gasteiger partial charge < -0.3 is 11.1 Å². The summed E-state index contributed by atoms with van der Waals surface area (Å²) in [6.07, 6.45) is 0.588. The van der Waals surface area contributed by atoms with E-state index in [2.05, 4.69) is 5.32 Å². The molecule has 3 rings (SSSR count). The minimum atomic E-state index is -4.34. The molecule has 3 N–H and O–H groups in total. The van der Waals surface area contributed by atoms with Crippen LogP contribution in [0.4, 0.5) is 13.2 Å². The van der Waals surface area contributed by atoms with Crippen molar-refractivity contribution in [3.8, 4) is 0 Å². The van der Waals surface area contributed by atoms with Crippen LogP contribution in [0.5, 0.6) is 0 Å². The highest BCUT2D eigenvalue weighted by atomic mass is 35.5. The van der Waals surface area contributed by atoms with E-state index in [4.69, 9.17) is 5.73 Å². The molecule has 1 aromatic rings. The third-order valence-corrected chi connectivity index (χ3v) is 5.56. The van der Waals surface area contributed by atoms with E-state index in [-0.39, 0.29) is 35.7 Å². The van der Waals surface area contributed by atoms with Crippen LogP contribution in [0, 0.1) is 5.92 Å². The Balaban J connectivity index is 0.00000225. The van der Waals surface area contributed by atoms with E-state index in [1.54, 1.807) is 6.07 Å². The van der Waals surface area contributed by atoms with E-state index >= 15 is 0 Å². The van der Waals surface area contributed by atoms with E-state index in [1.165, 1.54) is 12.1 Å². The summed E-state index contributed by atoms with van der Waals surface area (Å²) in [5.74, 6) is -0.0696. The number of hydrogen-bond donors (Lipinski definition) is 2. The summed E-state index contributed by atoms with van der Waals surface area (Å²) in [6.45, 7) is 0.402. The molecule has 2 unspecified atom stereocenters. The van der Waals surface area contributed by atoms with Gasteiger partial charge in [-0.25, -0.2) is 0 Å². The maximum absolute atomic E-state index is 13.0. The largest absolute Gasteiger partial charge is 0.416 e. The number of hydrogen-bond acceptors (Lipinski definition) is 2. The quantitative estimate of drug-likeness (QED) is 0.840. The lowest BCUT2D eigenvalue weighted by Crippen LogP contribution is -2.47. The van der Waals surface area contributed by atoms with Crippen LogP contribution < -0.4 is 11.1 Å². The molecule has 140 valence electrons. The zero-order valence-electron chi connectivity index (χ0n) is 13.9. The normalized spacial score (nSPS) is 25.0. The van der Waals surface area contributed by atoms with Gasteiger partial charge >= 0.3 is 6.18 Å². The fourth-order valence-corrected chi connectivity index (χ4v) is 3.85. The molecule has 2 fully saturated rings. The number of nitrogens with two attached hydrogens (primary N) is 1. The van der Waals surface area contributed by atoms with E-state index < -0.39 is 11.7 Å². The van der Waals surface area contributed by atoms with Crippen molar-refractivity contribution < 1.29 is 18.0 Å². The van der Waals surface area contributed by atoms with Gasteiger partial charge in [-0.1, -0.05) is 24.6 Å². The second kappa shape index (κ2) is 7.54. The van der Waals surface area contributed by atoms with Gasteiger partial charge in [0.1, 0.15) is 0 Å². The zero-order valence-corrected chi connectivity index (χ0v) is 14.8. The maximum atomic E-state index is 13.0. The van der Waals surface area contributed by atoms with Crippen molar-refractivity contribution in [2.75, 3.05) is 6.54 Å². The van der Waals surface area contributed by atoms with Crippen molar-refractivity contribution in [2.45, 2.75) is 56.2 Å². The van der Waals surface area contributed by atoms with Crippen LogP contribution in [0.1, 0.15) is 49.7 Å². The molecule has 0 saturated heterocycles. The molecule has 25 heavy (non-hydrogen) atoms. The van der Waals surface area contributed by atoms with Crippen molar-refractivity contribution in [2.24, 2.45) is 11.7 Å².